The van der Waals surface area contributed by atoms with E-state index < -0.39 is 15.6 Å². The number of pyridine rings is 1. The normalized spacial score (nSPS) is 16.6. The largest absolute Gasteiger partial charge is 0.368 e. The van der Waals surface area contributed by atoms with Crippen LogP contribution in [0, 0.1) is 6.92 Å². The molecule has 0 spiro atoms. The highest BCUT2D eigenvalue weighted by atomic mass is 32.2. The van der Waals surface area contributed by atoms with Gasteiger partial charge in [0.2, 0.25) is 10.0 Å². The van der Waals surface area contributed by atoms with Crippen molar-refractivity contribution in [3.63, 3.8) is 0 Å². The molecule has 152 valence electrons. The molecule has 0 aliphatic carbocycles. The van der Waals surface area contributed by atoms with E-state index in [4.69, 9.17) is 4.74 Å². The lowest BCUT2D eigenvalue weighted by Gasteiger charge is -2.39. The second-order valence-electron chi connectivity index (χ2n) is 8.75. The summed E-state index contributed by atoms with van der Waals surface area (Å²) in [7, 11) is -3.67. The maximum absolute atomic E-state index is 12.9. The molecular formula is C21H29N3O3S. The SMILES string of the molecule is Cc1ccc(S(=O)(=O)NC(C)(C)C)c(-c2ccc(COC3(C)CNC3)cn2)c1. The molecule has 0 atom stereocenters. The van der Waals surface area contributed by atoms with Gasteiger partial charge in [-0.1, -0.05) is 17.7 Å². The number of hydrogen-bond acceptors (Lipinski definition) is 5. The summed E-state index contributed by atoms with van der Waals surface area (Å²) in [5.41, 5.74) is 2.47. The highest BCUT2D eigenvalue weighted by Gasteiger charge is 2.32. The molecule has 0 unspecified atom stereocenters. The first-order chi connectivity index (χ1) is 13.0. The number of benzene rings is 1. The van der Waals surface area contributed by atoms with E-state index in [9.17, 15) is 8.42 Å². The van der Waals surface area contributed by atoms with E-state index >= 15 is 0 Å². The summed E-state index contributed by atoms with van der Waals surface area (Å²) in [5.74, 6) is 0. The van der Waals surface area contributed by atoms with Crippen molar-refractivity contribution in [1.29, 1.82) is 0 Å². The molecule has 1 aliphatic rings. The van der Waals surface area contributed by atoms with Crippen molar-refractivity contribution < 1.29 is 13.2 Å². The van der Waals surface area contributed by atoms with Crippen LogP contribution in [0.1, 0.15) is 38.8 Å². The number of ether oxygens (including phenoxy) is 1. The zero-order chi connectivity index (χ0) is 20.6. The molecule has 2 aromatic rings. The fraction of sp³-hybridized carbons (Fsp3) is 0.476. The van der Waals surface area contributed by atoms with E-state index in [1.54, 1.807) is 18.3 Å². The third-order valence-corrected chi connectivity index (χ3v) is 6.37. The van der Waals surface area contributed by atoms with Crippen LogP contribution in [0.4, 0.5) is 0 Å². The number of rotatable bonds is 6. The minimum Gasteiger partial charge on any atom is -0.368 e. The average Bonchev–Trinajstić information content (AvgIpc) is 2.56. The Labute approximate surface area is 167 Å². The second kappa shape index (κ2) is 7.55. The Morgan fingerprint density at radius 2 is 1.93 bits per heavy atom. The number of hydrogen-bond donors (Lipinski definition) is 2. The molecule has 0 bridgehead atoms. The standard InChI is InChI=1S/C21H29N3O3S/c1-15-6-9-19(28(25,26)24-20(2,3)4)17(10-15)18-8-7-16(11-23-18)12-27-21(5)13-22-14-21/h6-11,22,24H,12-14H2,1-5H3. The Bertz CT molecular complexity index is 944. The molecule has 1 aromatic carbocycles. The zero-order valence-corrected chi connectivity index (χ0v) is 18.0. The van der Waals surface area contributed by atoms with Crippen LogP contribution >= 0.6 is 0 Å². The molecule has 28 heavy (non-hydrogen) atoms. The fourth-order valence-corrected chi connectivity index (χ4v) is 4.66. The van der Waals surface area contributed by atoms with E-state index in [1.807, 2.05) is 45.9 Å². The van der Waals surface area contributed by atoms with Gasteiger partial charge in [-0.3, -0.25) is 4.98 Å². The van der Waals surface area contributed by atoms with Gasteiger partial charge in [-0.2, -0.15) is 0 Å². The summed E-state index contributed by atoms with van der Waals surface area (Å²) in [6.45, 7) is 11.7. The molecule has 7 heteroatoms. The fourth-order valence-electron chi connectivity index (χ4n) is 3.04. The van der Waals surface area contributed by atoms with Crippen LogP contribution in [0.3, 0.4) is 0 Å². The van der Waals surface area contributed by atoms with Gasteiger partial charge in [-0.25, -0.2) is 13.1 Å². The first-order valence-electron chi connectivity index (χ1n) is 9.42. The highest BCUT2D eigenvalue weighted by molar-refractivity contribution is 7.89. The molecule has 0 amide bonds. The lowest BCUT2D eigenvalue weighted by molar-refractivity contribution is -0.0768. The molecule has 1 saturated heterocycles. The van der Waals surface area contributed by atoms with Crippen molar-refractivity contribution >= 4 is 10.0 Å². The van der Waals surface area contributed by atoms with Gasteiger partial charge in [-0.05, 0) is 58.4 Å². The molecule has 3 rings (SSSR count). The summed E-state index contributed by atoms with van der Waals surface area (Å²) in [6.07, 6.45) is 1.75. The number of sulfonamides is 1. The number of aryl methyl sites for hydroxylation is 1. The van der Waals surface area contributed by atoms with Crippen LogP contribution < -0.4 is 10.0 Å². The maximum Gasteiger partial charge on any atom is 0.241 e. The quantitative estimate of drug-likeness (QED) is 0.775. The predicted octanol–water partition coefficient (Wildman–Crippen LogP) is 3.01. The Morgan fingerprint density at radius 3 is 2.46 bits per heavy atom. The molecule has 1 aliphatic heterocycles. The van der Waals surface area contributed by atoms with Gasteiger partial charge in [0.25, 0.3) is 0 Å². The second-order valence-corrected chi connectivity index (χ2v) is 10.4. The van der Waals surface area contributed by atoms with Crippen molar-refractivity contribution in [2.75, 3.05) is 13.1 Å². The number of nitrogens with zero attached hydrogens (tertiary/aromatic N) is 1. The predicted molar refractivity (Wildman–Crippen MR) is 111 cm³/mol. The molecule has 0 saturated carbocycles. The van der Waals surface area contributed by atoms with Crippen LogP contribution in [-0.2, 0) is 21.4 Å². The molecular weight excluding hydrogens is 374 g/mol. The third-order valence-electron chi connectivity index (χ3n) is 4.55. The summed E-state index contributed by atoms with van der Waals surface area (Å²) in [6, 6.07) is 9.09. The van der Waals surface area contributed by atoms with Gasteiger partial charge < -0.3 is 10.1 Å². The van der Waals surface area contributed by atoms with Gasteiger partial charge in [0.05, 0.1) is 22.8 Å². The summed E-state index contributed by atoms with van der Waals surface area (Å²) in [5, 5.41) is 3.21. The average molecular weight is 404 g/mol. The van der Waals surface area contributed by atoms with Gasteiger partial charge in [0.1, 0.15) is 0 Å². The Hall–Kier alpha value is -1.80. The van der Waals surface area contributed by atoms with E-state index in [0.29, 0.717) is 17.9 Å². The van der Waals surface area contributed by atoms with Crippen LogP contribution in [-0.4, -0.2) is 37.6 Å². The Morgan fingerprint density at radius 1 is 1.21 bits per heavy atom. The molecule has 0 radical (unpaired) electrons. The van der Waals surface area contributed by atoms with Crippen molar-refractivity contribution in [2.24, 2.45) is 0 Å². The van der Waals surface area contributed by atoms with E-state index in [-0.39, 0.29) is 10.5 Å². The zero-order valence-electron chi connectivity index (χ0n) is 17.2. The topological polar surface area (TPSA) is 80.3 Å². The number of nitrogens with one attached hydrogen (secondary N) is 2. The molecule has 1 aromatic heterocycles. The Kier molecular flexibility index (Phi) is 5.64. The van der Waals surface area contributed by atoms with E-state index in [2.05, 4.69) is 21.9 Å². The first-order valence-corrected chi connectivity index (χ1v) is 10.9. The maximum atomic E-state index is 12.9. The van der Waals surface area contributed by atoms with Crippen molar-refractivity contribution in [3.05, 3.63) is 47.7 Å². The van der Waals surface area contributed by atoms with Gasteiger partial charge >= 0.3 is 0 Å². The monoisotopic (exact) mass is 403 g/mol. The highest BCUT2D eigenvalue weighted by Crippen LogP contribution is 2.28. The smallest absolute Gasteiger partial charge is 0.241 e. The van der Waals surface area contributed by atoms with Crippen molar-refractivity contribution in [3.8, 4) is 11.3 Å². The van der Waals surface area contributed by atoms with Gasteiger partial charge in [-0.15, -0.1) is 0 Å². The van der Waals surface area contributed by atoms with Crippen LogP contribution in [0.5, 0.6) is 0 Å². The third kappa shape index (κ3) is 4.97. The molecule has 6 nitrogen and oxygen atoms in total. The van der Waals surface area contributed by atoms with E-state index in [1.165, 1.54) is 0 Å². The van der Waals surface area contributed by atoms with Crippen molar-refractivity contribution in [1.82, 2.24) is 15.0 Å². The minimum atomic E-state index is -3.67. The van der Waals surface area contributed by atoms with E-state index in [0.717, 1.165) is 24.2 Å². The molecule has 1 fully saturated rings. The molecule has 2 N–H and O–H groups in total. The summed E-state index contributed by atoms with van der Waals surface area (Å²) in [4.78, 5) is 4.75. The van der Waals surface area contributed by atoms with Crippen LogP contribution in [0.2, 0.25) is 0 Å². The number of aromatic nitrogens is 1. The van der Waals surface area contributed by atoms with Crippen LogP contribution in [0.15, 0.2) is 41.4 Å². The summed E-state index contributed by atoms with van der Waals surface area (Å²) < 4.78 is 34.5. The lowest BCUT2D eigenvalue weighted by Crippen LogP contribution is -2.58. The Balaban J connectivity index is 1.87. The van der Waals surface area contributed by atoms with Crippen molar-refractivity contribution in [2.45, 2.75) is 57.3 Å². The minimum absolute atomic E-state index is 0.116. The van der Waals surface area contributed by atoms with Gasteiger partial charge in [0.15, 0.2) is 0 Å². The van der Waals surface area contributed by atoms with Crippen LogP contribution in [0.25, 0.3) is 11.3 Å². The first kappa shape index (κ1) is 20.9. The molecule has 2 heterocycles. The summed E-state index contributed by atoms with van der Waals surface area (Å²) >= 11 is 0. The van der Waals surface area contributed by atoms with Gasteiger partial charge in [0, 0.05) is 30.4 Å². The lowest BCUT2D eigenvalue weighted by atomic mass is 10.00.